The number of allylic oxidation sites excluding steroid dienone is 4. The molecule has 1 rings (SSSR count). The van der Waals surface area contributed by atoms with E-state index < -0.39 is 0 Å². The number of rotatable bonds is 7. The van der Waals surface area contributed by atoms with Gasteiger partial charge in [-0.2, -0.15) is 0 Å². The molecule has 0 heterocycles. The van der Waals surface area contributed by atoms with E-state index in [1.165, 1.54) is 51.4 Å². The van der Waals surface area contributed by atoms with Gasteiger partial charge >= 0.3 is 0 Å². The summed E-state index contributed by atoms with van der Waals surface area (Å²) in [6.07, 6.45) is 17.8. The van der Waals surface area contributed by atoms with E-state index in [1.807, 2.05) is 0 Å². The maximum absolute atomic E-state index is 2.28. The molecule has 0 aliphatic heterocycles. The predicted octanol–water partition coefficient (Wildman–Crippen LogP) is 4.62. The van der Waals surface area contributed by atoms with Gasteiger partial charge in [-0.05, 0) is 19.3 Å². The molecule has 1 aliphatic rings. The first kappa shape index (κ1) is 10.6. The van der Waals surface area contributed by atoms with Gasteiger partial charge in [0.05, 0.1) is 0 Å². The Labute approximate surface area is 82.7 Å². The highest BCUT2D eigenvalue weighted by molar-refractivity contribution is 5.22. The molecule has 0 nitrogen and oxygen atoms in total. The second-order valence-electron chi connectivity index (χ2n) is 3.97. The van der Waals surface area contributed by atoms with E-state index in [4.69, 9.17) is 0 Å². The lowest BCUT2D eigenvalue weighted by Crippen LogP contribution is -1.82. The Morgan fingerprint density at radius 1 is 1.08 bits per heavy atom. The first-order valence-electron chi connectivity index (χ1n) is 5.78. The van der Waals surface area contributed by atoms with Gasteiger partial charge in [0.15, 0.2) is 0 Å². The third-order valence-corrected chi connectivity index (χ3v) is 2.70. The summed E-state index contributed by atoms with van der Waals surface area (Å²) in [4.78, 5) is 0. The van der Waals surface area contributed by atoms with Crippen LogP contribution >= 0.6 is 0 Å². The molecule has 0 atom stereocenters. The molecule has 0 aromatic carbocycles. The highest BCUT2D eigenvalue weighted by Gasteiger charge is 1.98. The van der Waals surface area contributed by atoms with Crippen molar-refractivity contribution in [3.05, 3.63) is 23.8 Å². The van der Waals surface area contributed by atoms with E-state index >= 15 is 0 Å². The van der Waals surface area contributed by atoms with Crippen molar-refractivity contribution in [3.63, 3.8) is 0 Å². The highest BCUT2D eigenvalue weighted by atomic mass is 14.0. The van der Waals surface area contributed by atoms with Gasteiger partial charge in [0.25, 0.3) is 0 Å². The minimum absolute atomic E-state index is 1.22. The van der Waals surface area contributed by atoms with E-state index in [-0.39, 0.29) is 0 Å². The van der Waals surface area contributed by atoms with Crippen LogP contribution in [0.2, 0.25) is 0 Å². The van der Waals surface area contributed by atoms with Crippen molar-refractivity contribution in [2.24, 2.45) is 0 Å². The van der Waals surface area contributed by atoms with E-state index in [0.717, 1.165) is 0 Å². The third-order valence-electron chi connectivity index (χ3n) is 2.70. The molecule has 0 amide bonds. The van der Waals surface area contributed by atoms with Crippen LogP contribution in [0.5, 0.6) is 0 Å². The molecule has 0 spiro atoms. The zero-order valence-corrected chi connectivity index (χ0v) is 8.89. The van der Waals surface area contributed by atoms with Crippen molar-refractivity contribution in [1.29, 1.82) is 0 Å². The quantitative estimate of drug-likeness (QED) is 0.499. The lowest BCUT2D eigenvalue weighted by atomic mass is 10.0. The summed E-state index contributed by atoms with van der Waals surface area (Å²) >= 11 is 0. The van der Waals surface area contributed by atoms with Crippen LogP contribution in [0.1, 0.15) is 58.3 Å². The number of hydrogen-bond donors (Lipinski definition) is 0. The minimum atomic E-state index is 1.22. The lowest BCUT2D eigenvalue weighted by molar-refractivity contribution is 0.605. The Balaban J connectivity index is 1.84. The zero-order chi connectivity index (χ0) is 9.36. The largest absolute Gasteiger partial charge is 0.0805 e. The minimum Gasteiger partial charge on any atom is -0.0805 e. The Morgan fingerprint density at radius 2 is 1.85 bits per heavy atom. The van der Waals surface area contributed by atoms with Crippen LogP contribution in [0.3, 0.4) is 0 Å². The van der Waals surface area contributed by atoms with Crippen molar-refractivity contribution in [2.75, 3.05) is 0 Å². The van der Waals surface area contributed by atoms with Crippen LogP contribution < -0.4 is 0 Å². The fourth-order valence-corrected chi connectivity index (χ4v) is 1.81. The van der Waals surface area contributed by atoms with Crippen LogP contribution in [0.15, 0.2) is 23.8 Å². The van der Waals surface area contributed by atoms with Crippen molar-refractivity contribution >= 4 is 0 Å². The molecule has 1 aliphatic carbocycles. The smallest absolute Gasteiger partial charge is 0.0133 e. The van der Waals surface area contributed by atoms with Gasteiger partial charge in [-0.15, -0.1) is 0 Å². The highest BCUT2D eigenvalue weighted by Crippen LogP contribution is 2.18. The molecule has 0 N–H and O–H groups in total. The molecule has 0 unspecified atom stereocenters. The second kappa shape index (κ2) is 6.94. The SMILES string of the molecule is CCCCCCCCC1=CC=CC1. The third kappa shape index (κ3) is 4.92. The summed E-state index contributed by atoms with van der Waals surface area (Å²) in [5, 5.41) is 0. The zero-order valence-electron chi connectivity index (χ0n) is 8.89. The van der Waals surface area contributed by atoms with Gasteiger partial charge < -0.3 is 0 Å². The van der Waals surface area contributed by atoms with Crippen molar-refractivity contribution < 1.29 is 0 Å². The summed E-state index contributed by atoms with van der Waals surface area (Å²) in [5.74, 6) is 0. The van der Waals surface area contributed by atoms with Crippen molar-refractivity contribution in [3.8, 4) is 0 Å². The fraction of sp³-hybridized carbons (Fsp3) is 0.692. The maximum Gasteiger partial charge on any atom is -0.0133 e. The van der Waals surface area contributed by atoms with Gasteiger partial charge in [-0.3, -0.25) is 0 Å². The monoisotopic (exact) mass is 178 g/mol. The standard InChI is InChI=1S/C13H22/c1-2-3-4-5-6-7-10-13-11-8-9-12-13/h8-9,11H,2-7,10,12H2,1H3. The molecular weight excluding hydrogens is 156 g/mol. The summed E-state index contributed by atoms with van der Waals surface area (Å²) in [6, 6.07) is 0. The molecule has 0 bridgehead atoms. The molecule has 0 saturated heterocycles. The van der Waals surface area contributed by atoms with E-state index in [0.29, 0.717) is 0 Å². The van der Waals surface area contributed by atoms with Gasteiger partial charge in [-0.25, -0.2) is 0 Å². The van der Waals surface area contributed by atoms with Crippen LogP contribution in [-0.4, -0.2) is 0 Å². The first-order chi connectivity index (χ1) is 6.43. The summed E-state index contributed by atoms with van der Waals surface area (Å²) in [6.45, 7) is 2.27. The molecule has 74 valence electrons. The number of hydrogen-bond acceptors (Lipinski definition) is 0. The first-order valence-corrected chi connectivity index (χ1v) is 5.78. The maximum atomic E-state index is 2.28. The number of unbranched alkanes of at least 4 members (excludes halogenated alkanes) is 5. The topological polar surface area (TPSA) is 0 Å². The van der Waals surface area contributed by atoms with Crippen molar-refractivity contribution in [1.82, 2.24) is 0 Å². The van der Waals surface area contributed by atoms with Gasteiger partial charge in [0, 0.05) is 0 Å². The Bertz CT molecular complexity index is 174. The lowest BCUT2D eigenvalue weighted by Gasteiger charge is -2.01. The molecule has 0 aromatic rings. The average Bonchev–Trinajstić information content (AvgIpc) is 2.63. The van der Waals surface area contributed by atoms with Gasteiger partial charge in [0.2, 0.25) is 0 Å². The Morgan fingerprint density at radius 3 is 2.54 bits per heavy atom. The molecular formula is C13H22. The van der Waals surface area contributed by atoms with E-state index in [1.54, 1.807) is 5.57 Å². The second-order valence-corrected chi connectivity index (χ2v) is 3.97. The Kier molecular flexibility index (Phi) is 5.64. The average molecular weight is 178 g/mol. The van der Waals surface area contributed by atoms with Crippen LogP contribution in [0.4, 0.5) is 0 Å². The molecule has 13 heavy (non-hydrogen) atoms. The molecule has 0 fully saturated rings. The molecule has 0 aromatic heterocycles. The molecule has 0 heteroatoms. The van der Waals surface area contributed by atoms with Gasteiger partial charge in [0.1, 0.15) is 0 Å². The normalized spacial score (nSPS) is 15.0. The van der Waals surface area contributed by atoms with E-state index in [2.05, 4.69) is 25.2 Å². The molecule has 0 radical (unpaired) electrons. The Hall–Kier alpha value is -0.520. The van der Waals surface area contributed by atoms with Crippen molar-refractivity contribution in [2.45, 2.75) is 58.3 Å². The van der Waals surface area contributed by atoms with Gasteiger partial charge in [-0.1, -0.05) is 62.8 Å². The van der Waals surface area contributed by atoms with Crippen LogP contribution in [-0.2, 0) is 0 Å². The summed E-state index contributed by atoms with van der Waals surface area (Å²) < 4.78 is 0. The summed E-state index contributed by atoms with van der Waals surface area (Å²) in [5.41, 5.74) is 1.63. The van der Waals surface area contributed by atoms with Crippen LogP contribution in [0, 0.1) is 0 Å². The van der Waals surface area contributed by atoms with Crippen LogP contribution in [0.25, 0.3) is 0 Å². The molecule has 0 saturated carbocycles. The summed E-state index contributed by atoms with van der Waals surface area (Å²) in [7, 11) is 0. The predicted molar refractivity (Wildman–Crippen MR) is 59.8 cm³/mol. The van der Waals surface area contributed by atoms with E-state index in [9.17, 15) is 0 Å². The fourth-order valence-electron chi connectivity index (χ4n) is 1.81.